The molecule has 1 aromatic heterocycles. The van der Waals surface area contributed by atoms with Crippen LogP contribution in [-0.4, -0.2) is 4.98 Å². The maximum Gasteiger partial charge on any atom is 0.0708 e. The summed E-state index contributed by atoms with van der Waals surface area (Å²) < 4.78 is 0. The molecule has 0 saturated heterocycles. The SMILES string of the molecule is CCCc1cc2c(c(-c3ccccn3)c1)C=C(CC)C2. The third-order valence-electron chi connectivity index (χ3n) is 4.03. The molecular weight excluding hydrogens is 242 g/mol. The van der Waals surface area contributed by atoms with Gasteiger partial charge in [0.05, 0.1) is 5.69 Å². The Hall–Kier alpha value is -1.89. The first-order chi connectivity index (χ1) is 9.81. The van der Waals surface area contributed by atoms with Gasteiger partial charge in [0.2, 0.25) is 0 Å². The van der Waals surface area contributed by atoms with Gasteiger partial charge < -0.3 is 0 Å². The van der Waals surface area contributed by atoms with Crippen LogP contribution in [0, 0.1) is 0 Å². The Morgan fingerprint density at radius 3 is 2.75 bits per heavy atom. The highest BCUT2D eigenvalue weighted by Gasteiger charge is 2.17. The second-order valence-corrected chi connectivity index (χ2v) is 5.51. The molecule has 0 bridgehead atoms. The van der Waals surface area contributed by atoms with Crippen molar-refractivity contribution in [2.75, 3.05) is 0 Å². The standard InChI is InChI=1S/C19H21N/c1-3-7-15-11-16-10-14(4-2)12-17(16)18(13-15)19-8-5-6-9-20-19/h5-6,8-9,11-13H,3-4,7,10H2,1-2H3. The highest BCUT2D eigenvalue weighted by atomic mass is 14.7. The quantitative estimate of drug-likeness (QED) is 0.752. The molecule has 2 aromatic rings. The molecule has 3 rings (SSSR count). The van der Waals surface area contributed by atoms with Crippen molar-refractivity contribution in [1.29, 1.82) is 0 Å². The fourth-order valence-corrected chi connectivity index (χ4v) is 2.99. The van der Waals surface area contributed by atoms with E-state index in [1.807, 2.05) is 12.3 Å². The smallest absolute Gasteiger partial charge is 0.0708 e. The number of allylic oxidation sites excluding steroid dienone is 1. The van der Waals surface area contributed by atoms with Crippen molar-refractivity contribution < 1.29 is 0 Å². The van der Waals surface area contributed by atoms with Crippen LogP contribution in [0.5, 0.6) is 0 Å². The number of pyridine rings is 1. The molecule has 1 nitrogen and oxygen atoms in total. The molecular formula is C19H21N. The lowest BCUT2D eigenvalue weighted by Gasteiger charge is -2.11. The van der Waals surface area contributed by atoms with Gasteiger partial charge in [0, 0.05) is 11.8 Å². The van der Waals surface area contributed by atoms with E-state index in [-0.39, 0.29) is 0 Å². The summed E-state index contributed by atoms with van der Waals surface area (Å²) in [5.74, 6) is 0. The number of rotatable bonds is 4. The second-order valence-electron chi connectivity index (χ2n) is 5.51. The van der Waals surface area contributed by atoms with Gasteiger partial charge in [0.25, 0.3) is 0 Å². The minimum absolute atomic E-state index is 1.09. The first-order valence-electron chi connectivity index (χ1n) is 7.58. The van der Waals surface area contributed by atoms with Gasteiger partial charge >= 0.3 is 0 Å². The fraction of sp³-hybridized carbons (Fsp3) is 0.316. The summed E-state index contributed by atoms with van der Waals surface area (Å²) in [6, 6.07) is 10.9. The van der Waals surface area contributed by atoms with Gasteiger partial charge in [-0.05, 0) is 54.2 Å². The number of hydrogen-bond donors (Lipinski definition) is 0. The second kappa shape index (κ2) is 5.62. The Kier molecular flexibility index (Phi) is 3.68. The molecule has 0 atom stereocenters. The van der Waals surface area contributed by atoms with Crippen LogP contribution in [0.1, 0.15) is 43.4 Å². The molecule has 1 heteroatoms. The highest BCUT2D eigenvalue weighted by Crippen LogP contribution is 2.35. The highest BCUT2D eigenvalue weighted by molar-refractivity contribution is 5.79. The van der Waals surface area contributed by atoms with E-state index in [9.17, 15) is 0 Å². The van der Waals surface area contributed by atoms with Gasteiger partial charge in [-0.1, -0.05) is 44.1 Å². The molecule has 0 radical (unpaired) electrons. The third-order valence-corrected chi connectivity index (χ3v) is 4.03. The summed E-state index contributed by atoms with van der Waals surface area (Å²) >= 11 is 0. The predicted octanol–water partition coefficient (Wildman–Crippen LogP) is 5.05. The van der Waals surface area contributed by atoms with E-state index in [2.05, 4.69) is 49.2 Å². The van der Waals surface area contributed by atoms with Crippen molar-refractivity contribution in [1.82, 2.24) is 4.98 Å². The van der Waals surface area contributed by atoms with Gasteiger partial charge in [0.15, 0.2) is 0 Å². The Bertz CT molecular complexity index is 638. The van der Waals surface area contributed by atoms with Gasteiger partial charge in [-0.25, -0.2) is 0 Å². The van der Waals surface area contributed by atoms with Crippen molar-refractivity contribution in [2.45, 2.75) is 39.5 Å². The lowest BCUT2D eigenvalue weighted by molar-refractivity contribution is 0.918. The average molecular weight is 263 g/mol. The molecule has 1 aliphatic carbocycles. The van der Waals surface area contributed by atoms with Gasteiger partial charge in [-0.2, -0.15) is 0 Å². The zero-order valence-corrected chi connectivity index (χ0v) is 12.3. The summed E-state index contributed by atoms with van der Waals surface area (Å²) in [6.45, 7) is 4.48. The third kappa shape index (κ3) is 2.40. The van der Waals surface area contributed by atoms with Gasteiger partial charge in [0.1, 0.15) is 0 Å². The molecule has 1 heterocycles. The minimum Gasteiger partial charge on any atom is -0.256 e. The molecule has 0 fully saturated rings. The fourth-order valence-electron chi connectivity index (χ4n) is 2.99. The number of aromatic nitrogens is 1. The molecule has 20 heavy (non-hydrogen) atoms. The van der Waals surface area contributed by atoms with E-state index in [1.165, 1.54) is 34.2 Å². The van der Waals surface area contributed by atoms with Crippen LogP contribution in [0.2, 0.25) is 0 Å². The van der Waals surface area contributed by atoms with Crippen molar-refractivity contribution in [3.63, 3.8) is 0 Å². The van der Waals surface area contributed by atoms with E-state index in [0.717, 1.165) is 25.0 Å². The maximum atomic E-state index is 4.55. The first-order valence-corrected chi connectivity index (χ1v) is 7.58. The molecule has 0 unspecified atom stereocenters. The molecule has 0 amide bonds. The topological polar surface area (TPSA) is 12.9 Å². The van der Waals surface area contributed by atoms with Crippen LogP contribution >= 0.6 is 0 Å². The van der Waals surface area contributed by atoms with Crippen molar-refractivity contribution in [3.8, 4) is 11.3 Å². The number of nitrogens with zero attached hydrogens (tertiary/aromatic N) is 1. The number of benzene rings is 1. The van der Waals surface area contributed by atoms with Crippen molar-refractivity contribution >= 4 is 6.08 Å². The largest absolute Gasteiger partial charge is 0.256 e. The van der Waals surface area contributed by atoms with Crippen LogP contribution in [0.4, 0.5) is 0 Å². The first kappa shape index (κ1) is 13.1. The molecule has 0 saturated carbocycles. The Morgan fingerprint density at radius 2 is 2.05 bits per heavy atom. The minimum atomic E-state index is 1.09. The van der Waals surface area contributed by atoms with E-state index in [0.29, 0.717) is 0 Å². The summed E-state index contributed by atoms with van der Waals surface area (Å²) in [7, 11) is 0. The van der Waals surface area contributed by atoms with Crippen LogP contribution < -0.4 is 0 Å². The summed E-state index contributed by atoms with van der Waals surface area (Å²) in [5.41, 5.74) is 8.24. The van der Waals surface area contributed by atoms with E-state index >= 15 is 0 Å². The number of hydrogen-bond acceptors (Lipinski definition) is 1. The van der Waals surface area contributed by atoms with Crippen LogP contribution in [-0.2, 0) is 12.8 Å². The van der Waals surface area contributed by atoms with Gasteiger partial charge in [-0.3, -0.25) is 4.98 Å². The molecule has 0 aliphatic heterocycles. The molecule has 0 spiro atoms. The summed E-state index contributed by atoms with van der Waals surface area (Å²) in [5, 5.41) is 0. The Balaban J connectivity index is 2.14. The number of aryl methyl sites for hydroxylation is 1. The van der Waals surface area contributed by atoms with Crippen molar-refractivity contribution in [3.05, 3.63) is 58.8 Å². The monoisotopic (exact) mass is 263 g/mol. The Morgan fingerprint density at radius 1 is 1.15 bits per heavy atom. The summed E-state index contributed by atoms with van der Waals surface area (Å²) in [4.78, 5) is 4.55. The maximum absolute atomic E-state index is 4.55. The number of fused-ring (bicyclic) bond motifs is 1. The van der Waals surface area contributed by atoms with Gasteiger partial charge in [-0.15, -0.1) is 0 Å². The molecule has 0 N–H and O–H groups in total. The normalized spacial score (nSPS) is 13.2. The van der Waals surface area contributed by atoms with Crippen LogP contribution in [0.3, 0.4) is 0 Å². The van der Waals surface area contributed by atoms with Crippen LogP contribution in [0.25, 0.3) is 17.3 Å². The average Bonchev–Trinajstić information content (AvgIpc) is 2.91. The Labute approximate surface area is 121 Å². The molecule has 1 aromatic carbocycles. The lowest BCUT2D eigenvalue weighted by Crippen LogP contribution is -1.94. The van der Waals surface area contributed by atoms with E-state index < -0.39 is 0 Å². The zero-order valence-electron chi connectivity index (χ0n) is 12.3. The lowest BCUT2D eigenvalue weighted by atomic mass is 9.95. The van der Waals surface area contributed by atoms with Crippen molar-refractivity contribution in [2.24, 2.45) is 0 Å². The summed E-state index contributed by atoms with van der Waals surface area (Å²) in [6.07, 6.45) is 8.84. The molecule has 1 aliphatic rings. The van der Waals surface area contributed by atoms with E-state index in [4.69, 9.17) is 0 Å². The van der Waals surface area contributed by atoms with E-state index in [1.54, 1.807) is 0 Å². The zero-order chi connectivity index (χ0) is 13.9. The molecule has 102 valence electrons. The predicted molar refractivity (Wildman–Crippen MR) is 85.6 cm³/mol. The van der Waals surface area contributed by atoms with Crippen LogP contribution in [0.15, 0.2) is 42.1 Å².